The second kappa shape index (κ2) is 8.43. The summed E-state index contributed by atoms with van der Waals surface area (Å²) >= 11 is 0. The van der Waals surface area contributed by atoms with Crippen LogP contribution in [-0.4, -0.2) is 32.8 Å². The van der Waals surface area contributed by atoms with Crippen molar-refractivity contribution in [1.29, 1.82) is 0 Å². The topological polar surface area (TPSA) is 71.7 Å². The molecule has 1 rings (SSSR count). The number of benzene rings is 1. The minimum absolute atomic E-state index is 0.224. The summed E-state index contributed by atoms with van der Waals surface area (Å²) in [5, 5.41) is 3.03. The Morgan fingerprint density at radius 2 is 2.33 bits per heavy atom. The number of guanidine groups is 1. The van der Waals surface area contributed by atoms with Crippen molar-refractivity contribution in [3.05, 3.63) is 35.6 Å². The molecule has 0 heterocycles. The first kappa shape index (κ1) is 14.4. The third-order valence-corrected chi connectivity index (χ3v) is 2.30. The van der Waals surface area contributed by atoms with E-state index < -0.39 is 0 Å². The summed E-state index contributed by atoms with van der Waals surface area (Å²) < 4.78 is 17.8. The summed E-state index contributed by atoms with van der Waals surface area (Å²) in [5.74, 6) is 5.59. The number of hydrogen-bond acceptors (Lipinski definition) is 3. The lowest BCUT2D eigenvalue weighted by molar-refractivity contribution is 0.208. The molecule has 0 aliphatic carbocycles. The summed E-state index contributed by atoms with van der Waals surface area (Å²) in [5.41, 5.74) is 3.39. The summed E-state index contributed by atoms with van der Waals surface area (Å²) in [7, 11) is 1.61. The van der Waals surface area contributed by atoms with Crippen molar-refractivity contribution in [2.75, 3.05) is 26.8 Å². The third kappa shape index (κ3) is 5.60. The van der Waals surface area contributed by atoms with Crippen LogP contribution in [0.3, 0.4) is 0 Å². The van der Waals surface area contributed by atoms with Gasteiger partial charge in [0.1, 0.15) is 5.82 Å². The molecule has 18 heavy (non-hydrogen) atoms. The van der Waals surface area contributed by atoms with E-state index in [0.717, 1.165) is 5.56 Å². The van der Waals surface area contributed by atoms with Gasteiger partial charge in [0.25, 0.3) is 0 Å². The lowest BCUT2D eigenvalue weighted by atomic mass is 10.1. The highest BCUT2D eigenvalue weighted by Crippen LogP contribution is 2.03. The first-order chi connectivity index (χ1) is 8.76. The number of aliphatic imine (C=N–C) groups is 1. The van der Waals surface area contributed by atoms with Gasteiger partial charge in [-0.25, -0.2) is 15.2 Å². The van der Waals surface area contributed by atoms with Crippen molar-refractivity contribution in [3.63, 3.8) is 0 Å². The molecule has 0 bridgehead atoms. The highest BCUT2D eigenvalue weighted by molar-refractivity contribution is 5.79. The van der Waals surface area contributed by atoms with Crippen LogP contribution in [-0.2, 0) is 11.2 Å². The molecule has 0 aromatic heterocycles. The van der Waals surface area contributed by atoms with Gasteiger partial charge in [-0.15, -0.1) is 0 Å². The van der Waals surface area contributed by atoms with Gasteiger partial charge in [-0.05, 0) is 24.1 Å². The molecule has 0 saturated heterocycles. The molecule has 1 aromatic rings. The molecule has 6 heteroatoms. The molecule has 100 valence electrons. The van der Waals surface area contributed by atoms with E-state index in [9.17, 15) is 4.39 Å². The Balaban J connectivity index is 2.33. The number of methoxy groups -OCH3 is 1. The van der Waals surface area contributed by atoms with Gasteiger partial charge in [0.2, 0.25) is 5.96 Å². The van der Waals surface area contributed by atoms with Crippen LogP contribution in [0, 0.1) is 5.82 Å². The fourth-order valence-corrected chi connectivity index (χ4v) is 1.42. The number of hydrogen-bond donors (Lipinski definition) is 3. The van der Waals surface area contributed by atoms with Crippen LogP contribution in [0.2, 0.25) is 0 Å². The number of hydrazine groups is 1. The zero-order valence-corrected chi connectivity index (χ0v) is 10.4. The fourth-order valence-electron chi connectivity index (χ4n) is 1.42. The summed E-state index contributed by atoms with van der Waals surface area (Å²) in [4.78, 5) is 4.15. The van der Waals surface area contributed by atoms with E-state index >= 15 is 0 Å². The Morgan fingerprint density at radius 3 is 3.00 bits per heavy atom. The average Bonchev–Trinajstić information content (AvgIpc) is 2.37. The Morgan fingerprint density at radius 1 is 1.50 bits per heavy atom. The van der Waals surface area contributed by atoms with Crippen molar-refractivity contribution >= 4 is 5.96 Å². The Bertz CT molecular complexity index is 384. The number of nitrogens with two attached hydrogens (primary N) is 1. The second-order valence-corrected chi connectivity index (χ2v) is 3.67. The van der Waals surface area contributed by atoms with E-state index in [4.69, 9.17) is 10.6 Å². The van der Waals surface area contributed by atoms with E-state index in [2.05, 4.69) is 15.7 Å². The quantitative estimate of drug-likeness (QED) is 0.226. The molecule has 0 amide bonds. The highest BCUT2D eigenvalue weighted by atomic mass is 19.1. The molecule has 0 fully saturated rings. The van der Waals surface area contributed by atoms with Crippen LogP contribution in [0.5, 0.6) is 0 Å². The number of nitrogens with zero attached hydrogens (tertiary/aromatic N) is 1. The number of ether oxygens (including phenoxy) is 1. The fraction of sp³-hybridized carbons (Fsp3) is 0.417. The van der Waals surface area contributed by atoms with E-state index in [1.54, 1.807) is 13.2 Å². The van der Waals surface area contributed by atoms with Crippen LogP contribution in [0.25, 0.3) is 0 Å². The standard InChI is InChI=1S/C12H19FN4O/c1-18-8-7-16-12(17-14)15-6-5-10-3-2-4-11(13)9-10/h2-4,9H,5-8,14H2,1H3,(H2,15,16,17). The molecule has 5 nitrogen and oxygen atoms in total. The molecule has 0 saturated carbocycles. The van der Waals surface area contributed by atoms with Gasteiger partial charge in [-0.1, -0.05) is 12.1 Å². The third-order valence-electron chi connectivity index (χ3n) is 2.30. The van der Waals surface area contributed by atoms with Crippen LogP contribution in [0.4, 0.5) is 4.39 Å². The zero-order chi connectivity index (χ0) is 13.2. The highest BCUT2D eigenvalue weighted by Gasteiger charge is 1.97. The van der Waals surface area contributed by atoms with Crippen LogP contribution >= 0.6 is 0 Å². The minimum Gasteiger partial charge on any atom is -0.383 e. The lowest BCUT2D eigenvalue weighted by Gasteiger charge is -2.09. The maximum Gasteiger partial charge on any atom is 0.205 e. The maximum absolute atomic E-state index is 12.9. The minimum atomic E-state index is -0.224. The molecule has 0 aliphatic rings. The largest absolute Gasteiger partial charge is 0.383 e. The SMILES string of the molecule is COCCN=C(NN)NCCc1cccc(F)c1. The smallest absolute Gasteiger partial charge is 0.205 e. The van der Waals surface area contributed by atoms with Crippen molar-refractivity contribution in [3.8, 4) is 0 Å². The zero-order valence-electron chi connectivity index (χ0n) is 10.4. The predicted octanol–water partition coefficient (Wildman–Crippen LogP) is 0.424. The summed E-state index contributed by atoms with van der Waals surface area (Å²) in [6.45, 7) is 1.69. The van der Waals surface area contributed by atoms with Crippen LogP contribution < -0.4 is 16.6 Å². The van der Waals surface area contributed by atoms with Crippen molar-refractivity contribution in [2.24, 2.45) is 10.8 Å². The van der Waals surface area contributed by atoms with Crippen molar-refractivity contribution in [1.82, 2.24) is 10.7 Å². The van der Waals surface area contributed by atoms with Gasteiger partial charge >= 0.3 is 0 Å². The lowest BCUT2D eigenvalue weighted by Crippen LogP contribution is -2.42. The molecular formula is C12H19FN4O. The molecule has 0 aliphatic heterocycles. The predicted molar refractivity (Wildman–Crippen MR) is 69.6 cm³/mol. The number of nitrogens with one attached hydrogen (secondary N) is 2. The Kier molecular flexibility index (Phi) is 6.75. The normalized spacial score (nSPS) is 11.4. The Hall–Kier alpha value is -1.66. The van der Waals surface area contributed by atoms with Gasteiger partial charge < -0.3 is 10.1 Å². The average molecular weight is 254 g/mol. The molecule has 0 spiro atoms. The van der Waals surface area contributed by atoms with Gasteiger partial charge in [-0.2, -0.15) is 0 Å². The Labute approximate surface area is 106 Å². The number of rotatable bonds is 6. The monoisotopic (exact) mass is 254 g/mol. The van der Waals surface area contributed by atoms with E-state index in [1.807, 2.05) is 6.07 Å². The van der Waals surface area contributed by atoms with E-state index in [0.29, 0.717) is 32.1 Å². The molecular weight excluding hydrogens is 235 g/mol. The van der Waals surface area contributed by atoms with Crippen molar-refractivity contribution in [2.45, 2.75) is 6.42 Å². The molecule has 0 radical (unpaired) electrons. The van der Waals surface area contributed by atoms with Gasteiger partial charge in [0.05, 0.1) is 13.2 Å². The molecule has 0 atom stereocenters. The van der Waals surface area contributed by atoms with E-state index in [1.165, 1.54) is 12.1 Å². The summed E-state index contributed by atoms with van der Waals surface area (Å²) in [6, 6.07) is 6.51. The van der Waals surface area contributed by atoms with Gasteiger partial charge in [0.15, 0.2) is 0 Å². The van der Waals surface area contributed by atoms with Gasteiger partial charge in [-0.3, -0.25) is 5.43 Å². The van der Waals surface area contributed by atoms with Crippen LogP contribution in [0.15, 0.2) is 29.3 Å². The van der Waals surface area contributed by atoms with Crippen LogP contribution in [0.1, 0.15) is 5.56 Å². The molecule has 4 N–H and O–H groups in total. The van der Waals surface area contributed by atoms with Crippen molar-refractivity contribution < 1.29 is 9.13 Å². The number of halogens is 1. The first-order valence-electron chi connectivity index (χ1n) is 5.74. The maximum atomic E-state index is 12.9. The van der Waals surface area contributed by atoms with Gasteiger partial charge in [0, 0.05) is 13.7 Å². The first-order valence-corrected chi connectivity index (χ1v) is 5.74. The molecule has 0 unspecified atom stereocenters. The summed E-state index contributed by atoms with van der Waals surface area (Å²) in [6.07, 6.45) is 0.697. The molecule has 1 aromatic carbocycles. The van der Waals surface area contributed by atoms with E-state index in [-0.39, 0.29) is 5.82 Å². The second-order valence-electron chi connectivity index (χ2n) is 3.67.